The Morgan fingerprint density at radius 3 is 2.56 bits per heavy atom. The van der Waals surface area contributed by atoms with Gasteiger partial charge in [-0.1, -0.05) is 0 Å². The highest BCUT2D eigenvalue weighted by atomic mass is 32.2. The maximum atomic E-state index is 12.4. The number of carbonyl (C=O) groups excluding carboxylic acids is 1. The second-order valence-corrected chi connectivity index (χ2v) is 4.42. The first-order valence-electron chi connectivity index (χ1n) is 4.69. The van der Waals surface area contributed by atoms with E-state index in [0.29, 0.717) is 17.7 Å². The third-order valence-electron chi connectivity index (χ3n) is 2.00. The van der Waals surface area contributed by atoms with E-state index in [1.165, 1.54) is 17.8 Å². The molecule has 0 aromatic heterocycles. The molecular formula is C11H11F3OS. The molecule has 0 radical (unpaired) electrons. The highest BCUT2D eigenvalue weighted by molar-refractivity contribution is 7.99. The summed E-state index contributed by atoms with van der Waals surface area (Å²) in [6.45, 7) is 1.64. The van der Waals surface area contributed by atoms with E-state index in [2.05, 4.69) is 0 Å². The Kier molecular flexibility index (Phi) is 4.41. The van der Waals surface area contributed by atoms with Gasteiger partial charge in [0.15, 0.2) is 0 Å². The number of rotatable bonds is 4. The zero-order chi connectivity index (χ0) is 12.2. The molecule has 0 aliphatic rings. The Labute approximate surface area is 96.0 Å². The van der Waals surface area contributed by atoms with E-state index in [1.807, 2.05) is 0 Å². The van der Waals surface area contributed by atoms with Crippen molar-refractivity contribution >= 4 is 18.0 Å². The zero-order valence-corrected chi connectivity index (χ0v) is 9.49. The molecule has 0 aliphatic heterocycles. The number of thioether (sulfide) groups is 1. The molecule has 0 heterocycles. The van der Waals surface area contributed by atoms with Crippen LogP contribution in [0.5, 0.6) is 0 Å². The SMILES string of the molecule is Cc1cc(C(F)(F)F)ccc1SCCC=O. The van der Waals surface area contributed by atoms with Crippen LogP contribution in [0.3, 0.4) is 0 Å². The smallest absolute Gasteiger partial charge is 0.303 e. The lowest BCUT2D eigenvalue weighted by molar-refractivity contribution is -0.137. The Morgan fingerprint density at radius 2 is 2.06 bits per heavy atom. The van der Waals surface area contributed by atoms with E-state index >= 15 is 0 Å². The van der Waals surface area contributed by atoms with Gasteiger partial charge in [0.25, 0.3) is 0 Å². The van der Waals surface area contributed by atoms with E-state index in [1.54, 1.807) is 6.92 Å². The number of aldehydes is 1. The molecule has 1 rings (SSSR count). The van der Waals surface area contributed by atoms with Gasteiger partial charge >= 0.3 is 6.18 Å². The lowest BCUT2D eigenvalue weighted by Gasteiger charge is -2.10. The standard InChI is InChI=1S/C11H11F3OS/c1-8-7-9(11(12,13)14)3-4-10(8)16-6-2-5-15/h3-5,7H,2,6H2,1H3. The average molecular weight is 248 g/mol. The minimum Gasteiger partial charge on any atom is -0.303 e. The number of alkyl halides is 3. The summed E-state index contributed by atoms with van der Waals surface area (Å²) in [4.78, 5) is 10.9. The Morgan fingerprint density at radius 1 is 1.38 bits per heavy atom. The van der Waals surface area contributed by atoms with Crippen molar-refractivity contribution in [3.8, 4) is 0 Å². The van der Waals surface area contributed by atoms with Gasteiger partial charge in [-0.2, -0.15) is 13.2 Å². The van der Waals surface area contributed by atoms with E-state index in [9.17, 15) is 18.0 Å². The van der Waals surface area contributed by atoms with Gasteiger partial charge in [-0.3, -0.25) is 0 Å². The van der Waals surface area contributed by atoms with E-state index in [4.69, 9.17) is 0 Å². The van der Waals surface area contributed by atoms with Gasteiger partial charge in [0, 0.05) is 17.1 Å². The van der Waals surface area contributed by atoms with Gasteiger partial charge in [-0.25, -0.2) is 0 Å². The average Bonchev–Trinajstić information content (AvgIpc) is 2.19. The van der Waals surface area contributed by atoms with Crippen molar-refractivity contribution in [2.45, 2.75) is 24.4 Å². The van der Waals surface area contributed by atoms with Crippen LogP contribution < -0.4 is 0 Å². The van der Waals surface area contributed by atoms with Crippen molar-refractivity contribution in [2.75, 3.05) is 5.75 Å². The van der Waals surface area contributed by atoms with Crippen LogP contribution in [-0.4, -0.2) is 12.0 Å². The fourth-order valence-electron chi connectivity index (χ4n) is 1.20. The highest BCUT2D eigenvalue weighted by Crippen LogP contribution is 2.32. The van der Waals surface area contributed by atoms with Gasteiger partial charge in [-0.05, 0) is 30.7 Å². The first-order valence-corrected chi connectivity index (χ1v) is 5.68. The third-order valence-corrected chi connectivity index (χ3v) is 3.20. The molecule has 1 aromatic rings. The van der Waals surface area contributed by atoms with Crippen molar-refractivity contribution in [3.05, 3.63) is 29.3 Å². The van der Waals surface area contributed by atoms with Crippen LogP contribution in [0.25, 0.3) is 0 Å². The number of benzene rings is 1. The third kappa shape index (κ3) is 3.56. The van der Waals surface area contributed by atoms with E-state index in [-0.39, 0.29) is 0 Å². The number of carbonyl (C=O) groups is 1. The van der Waals surface area contributed by atoms with Crippen LogP contribution in [0.1, 0.15) is 17.5 Å². The summed E-state index contributed by atoms with van der Waals surface area (Å²) >= 11 is 1.39. The van der Waals surface area contributed by atoms with Crippen molar-refractivity contribution in [1.82, 2.24) is 0 Å². The van der Waals surface area contributed by atoms with Crippen molar-refractivity contribution in [2.24, 2.45) is 0 Å². The second-order valence-electron chi connectivity index (χ2n) is 3.28. The summed E-state index contributed by atoms with van der Waals surface area (Å²) in [6, 6.07) is 3.65. The quantitative estimate of drug-likeness (QED) is 0.459. The lowest BCUT2D eigenvalue weighted by atomic mass is 10.1. The largest absolute Gasteiger partial charge is 0.416 e. The molecule has 0 saturated heterocycles. The summed E-state index contributed by atoms with van der Waals surface area (Å²) in [7, 11) is 0. The van der Waals surface area contributed by atoms with Gasteiger partial charge < -0.3 is 4.79 Å². The molecule has 0 unspecified atom stereocenters. The van der Waals surface area contributed by atoms with Crippen molar-refractivity contribution in [3.63, 3.8) is 0 Å². The maximum absolute atomic E-state index is 12.4. The van der Waals surface area contributed by atoms with Gasteiger partial charge in [0.1, 0.15) is 6.29 Å². The molecular weight excluding hydrogens is 237 g/mol. The van der Waals surface area contributed by atoms with Crippen LogP contribution in [-0.2, 0) is 11.0 Å². The minimum atomic E-state index is -4.29. The number of aryl methyl sites for hydroxylation is 1. The molecule has 0 atom stereocenters. The highest BCUT2D eigenvalue weighted by Gasteiger charge is 2.30. The van der Waals surface area contributed by atoms with Crippen LogP contribution >= 0.6 is 11.8 Å². The topological polar surface area (TPSA) is 17.1 Å². The van der Waals surface area contributed by atoms with Gasteiger partial charge in [0.05, 0.1) is 5.56 Å². The van der Waals surface area contributed by atoms with Crippen LogP contribution in [0, 0.1) is 6.92 Å². The van der Waals surface area contributed by atoms with E-state index < -0.39 is 11.7 Å². The Hall–Kier alpha value is -0.970. The molecule has 5 heteroatoms. The Bertz CT molecular complexity index is 374. The van der Waals surface area contributed by atoms with Crippen LogP contribution in [0.4, 0.5) is 13.2 Å². The molecule has 0 spiro atoms. The maximum Gasteiger partial charge on any atom is 0.416 e. The predicted octanol–water partition coefficient (Wildman–Crippen LogP) is 3.69. The fourth-order valence-corrected chi connectivity index (χ4v) is 2.09. The summed E-state index contributed by atoms with van der Waals surface area (Å²) in [5.74, 6) is 0.593. The number of halogens is 3. The van der Waals surface area contributed by atoms with Crippen LogP contribution in [0.15, 0.2) is 23.1 Å². The molecule has 0 fully saturated rings. The second kappa shape index (κ2) is 5.39. The molecule has 1 aromatic carbocycles. The molecule has 0 N–H and O–H groups in total. The zero-order valence-electron chi connectivity index (χ0n) is 8.67. The number of hydrogen-bond donors (Lipinski definition) is 0. The van der Waals surface area contributed by atoms with Crippen LogP contribution in [0.2, 0.25) is 0 Å². The van der Waals surface area contributed by atoms with Gasteiger partial charge in [-0.15, -0.1) is 11.8 Å². The molecule has 16 heavy (non-hydrogen) atoms. The van der Waals surface area contributed by atoms with Crippen molar-refractivity contribution in [1.29, 1.82) is 0 Å². The van der Waals surface area contributed by atoms with Crippen molar-refractivity contribution < 1.29 is 18.0 Å². The fraction of sp³-hybridized carbons (Fsp3) is 0.364. The summed E-state index contributed by atoms with van der Waals surface area (Å²) < 4.78 is 37.1. The molecule has 0 amide bonds. The first-order chi connectivity index (χ1) is 7.45. The number of hydrogen-bond acceptors (Lipinski definition) is 2. The normalized spacial score (nSPS) is 11.5. The molecule has 0 bridgehead atoms. The first kappa shape index (κ1) is 13.1. The lowest BCUT2D eigenvalue weighted by Crippen LogP contribution is -2.05. The predicted molar refractivity (Wildman–Crippen MR) is 57.6 cm³/mol. The summed E-state index contributed by atoms with van der Waals surface area (Å²) in [5.41, 5.74) is -0.0459. The molecule has 1 nitrogen and oxygen atoms in total. The Balaban J connectivity index is 2.79. The summed E-state index contributed by atoms with van der Waals surface area (Å²) in [6.07, 6.45) is -3.09. The molecule has 88 valence electrons. The molecule has 0 saturated carbocycles. The minimum absolute atomic E-state index is 0.408. The van der Waals surface area contributed by atoms with Gasteiger partial charge in [0.2, 0.25) is 0 Å². The van der Waals surface area contributed by atoms with E-state index in [0.717, 1.165) is 23.3 Å². The summed E-state index contributed by atoms with van der Waals surface area (Å²) in [5, 5.41) is 0. The monoisotopic (exact) mass is 248 g/mol. The molecule has 0 aliphatic carbocycles.